The highest BCUT2D eigenvalue weighted by atomic mass is 16.1. The number of nitrogens with zero attached hydrogens (tertiary/aromatic N) is 4. The molecule has 2 aliphatic rings. The minimum Gasteiger partial charge on any atom is -0.356 e. The van der Waals surface area contributed by atoms with E-state index in [1.54, 1.807) is 0 Å². The quantitative estimate of drug-likeness (QED) is 0.807. The third kappa shape index (κ3) is 2.69. The standard InChI is InChI=1S/C14H20N4O/c1-11-10-13(17-8-4-12(19)5-9-17)16-14(15-11)18-6-2-3-7-18/h10H,2-9H2,1H3. The maximum atomic E-state index is 11.3. The Balaban J connectivity index is 1.82. The van der Waals surface area contributed by atoms with E-state index < -0.39 is 0 Å². The minimum atomic E-state index is 0.363. The van der Waals surface area contributed by atoms with E-state index in [-0.39, 0.29) is 0 Å². The molecule has 3 rings (SSSR count). The summed E-state index contributed by atoms with van der Waals surface area (Å²) in [5, 5.41) is 0. The van der Waals surface area contributed by atoms with Gasteiger partial charge in [0.15, 0.2) is 0 Å². The molecule has 0 spiro atoms. The Kier molecular flexibility index (Phi) is 3.36. The Morgan fingerprint density at radius 3 is 2.37 bits per heavy atom. The van der Waals surface area contributed by atoms with E-state index in [9.17, 15) is 4.79 Å². The van der Waals surface area contributed by atoms with Crippen molar-refractivity contribution in [1.29, 1.82) is 0 Å². The van der Waals surface area contributed by atoms with Gasteiger partial charge in [-0.3, -0.25) is 4.79 Å². The Hall–Kier alpha value is -1.65. The molecule has 0 amide bonds. The van der Waals surface area contributed by atoms with Crippen LogP contribution in [0.25, 0.3) is 0 Å². The number of rotatable bonds is 2. The van der Waals surface area contributed by atoms with E-state index in [4.69, 9.17) is 4.98 Å². The van der Waals surface area contributed by atoms with Gasteiger partial charge >= 0.3 is 0 Å². The molecule has 1 aromatic heterocycles. The average molecular weight is 260 g/mol. The molecule has 2 aliphatic heterocycles. The summed E-state index contributed by atoms with van der Waals surface area (Å²) in [4.78, 5) is 25.0. The van der Waals surface area contributed by atoms with E-state index in [0.29, 0.717) is 18.6 Å². The highest BCUT2D eigenvalue weighted by Gasteiger charge is 2.20. The van der Waals surface area contributed by atoms with Gasteiger partial charge in [-0.1, -0.05) is 0 Å². The molecule has 0 aromatic carbocycles. The summed E-state index contributed by atoms with van der Waals surface area (Å²) in [5.74, 6) is 2.19. The molecular weight excluding hydrogens is 240 g/mol. The zero-order valence-electron chi connectivity index (χ0n) is 11.4. The van der Waals surface area contributed by atoms with Crippen molar-refractivity contribution in [3.63, 3.8) is 0 Å². The molecule has 0 atom stereocenters. The van der Waals surface area contributed by atoms with E-state index >= 15 is 0 Å². The summed E-state index contributed by atoms with van der Waals surface area (Å²) in [6, 6.07) is 2.02. The smallest absolute Gasteiger partial charge is 0.227 e. The molecule has 19 heavy (non-hydrogen) atoms. The van der Waals surface area contributed by atoms with Gasteiger partial charge in [0.25, 0.3) is 0 Å². The lowest BCUT2D eigenvalue weighted by Crippen LogP contribution is -2.35. The number of aromatic nitrogens is 2. The molecule has 0 aliphatic carbocycles. The maximum Gasteiger partial charge on any atom is 0.227 e. The number of carbonyl (C=O) groups excluding carboxylic acids is 1. The number of carbonyl (C=O) groups is 1. The van der Waals surface area contributed by atoms with Crippen LogP contribution in [-0.4, -0.2) is 41.9 Å². The largest absolute Gasteiger partial charge is 0.356 e. The van der Waals surface area contributed by atoms with Gasteiger partial charge in [0.1, 0.15) is 11.6 Å². The maximum absolute atomic E-state index is 11.3. The molecule has 2 saturated heterocycles. The first-order valence-corrected chi connectivity index (χ1v) is 7.10. The Labute approximate surface area is 113 Å². The van der Waals surface area contributed by atoms with Crippen LogP contribution in [0, 0.1) is 6.92 Å². The first-order valence-electron chi connectivity index (χ1n) is 7.10. The Morgan fingerprint density at radius 1 is 1.00 bits per heavy atom. The van der Waals surface area contributed by atoms with Gasteiger partial charge in [-0.2, -0.15) is 4.98 Å². The molecule has 5 heteroatoms. The third-order valence-corrected chi connectivity index (χ3v) is 3.86. The second kappa shape index (κ2) is 5.15. The van der Waals surface area contributed by atoms with Crippen molar-refractivity contribution in [2.45, 2.75) is 32.6 Å². The molecule has 5 nitrogen and oxygen atoms in total. The predicted octanol–water partition coefficient (Wildman–Crippen LogP) is 1.55. The van der Waals surface area contributed by atoms with Crippen molar-refractivity contribution in [3.8, 4) is 0 Å². The van der Waals surface area contributed by atoms with E-state index in [1.807, 2.05) is 13.0 Å². The lowest BCUT2D eigenvalue weighted by molar-refractivity contribution is -0.119. The normalized spacial score (nSPS) is 20.2. The fourth-order valence-electron chi connectivity index (χ4n) is 2.74. The molecular formula is C14H20N4O. The summed E-state index contributed by atoms with van der Waals surface area (Å²) in [6.07, 6.45) is 3.74. The van der Waals surface area contributed by atoms with Crippen LogP contribution >= 0.6 is 0 Å². The zero-order valence-corrected chi connectivity index (χ0v) is 11.4. The number of hydrogen-bond acceptors (Lipinski definition) is 5. The van der Waals surface area contributed by atoms with Crippen LogP contribution in [0.1, 0.15) is 31.4 Å². The van der Waals surface area contributed by atoms with Crippen molar-refractivity contribution >= 4 is 17.5 Å². The first kappa shape index (κ1) is 12.4. The van der Waals surface area contributed by atoms with E-state index in [1.165, 1.54) is 12.8 Å². The second-order valence-electron chi connectivity index (χ2n) is 5.39. The average Bonchev–Trinajstić information content (AvgIpc) is 2.93. The van der Waals surface area contributed by atoms with Crippen LogP contribution in [0.2, 0.25) is 0 Å². The van der Waals surface area contributed by atoms with Crippen molar-refractivity contribution in [2.75, 3.05) is 36.0 Å². The van der Waals surface area contributed by atoms with Crippen molar-refractivity contribution < 1.29 is 4.79 Å². The summed E-state index contributed by atoms with van der Waals surface area (Å²) < 4.78 is 0. The second-order valence-corrected chi connectivity index (χ2v) is 5.39. The molecule has 2 fully saturated rings. The molecule has 0 saturated carbocycles. The number of ketones is 1. The molecule has 3 heterocycles. The van der Waals surface area contributed by atoms with Gasteiger partial charge in [0, 0.05) is 50.8 Å². The summed E-state index contributed by atoms with van der Waals surface area (Å²) >= 11 is 0. The summed E-state index contributed by atoms with van der Waals surface area (Å²) in [6.45, 7) is 5.70. The number of piperidine rings is 1. The fourth-order valence-corrected chi connectivity index (χ4v) is 2.74. The molecule has 102 valence electrons. The van der Waals surface area contributed by atoms with Crippen LogP contribution in [0.5, 0.6) is 0 Å². The predicted molar refractivity (Wildman–Crippen MR) is 74.7 cm³/mol. The fraction of sp³-hybridized carbons (Fsp3) is 0.643. The van der Waals surface area contributed by atoms with Crippen molar-refractivity contribution in [3.05, 3.63) is 11.8 Å². The number of anilines is 2. The Bertz CT molecular complexity index is 472. The molecule has 0 unspecified atom stereocenters. The SMILES string of the molecule is Cc1cc(N2CCC(=O)CC2)nc(N2CCCC2)n1. The summed E-state index contributed by atoms with van der Waals surface area (Å²) in [5.41, 5.74) is 1.00. The highest BCUT2D eigenvalue weighted by Crippen LogP contribution is 2.22. The van der Waals surface area contributed by atoms with Gasteiger partial charge in [-0.15, -0.1) is 0 Å². The number of hydrogen-bond donors (Lipinski definition) is 0. The Morgan fingerprint density at radius 2 is 1.68 bits per heavy atom. The van der Waals surface area contributed by atoms with Gasteiger partial charge in [-0.25, -0.2) is 4.98 Å². The van der Waals surface area contributed by atoms with Crippen LogP contribution in [0.3, 0.4) is 0 Å². The van der Waals surface area contributed by atoms with Crippen molar-refractivity contribution in [2.24, 2.45) is 0 Å². The highest BCUT2D eigenvalue weighted by molar-refractivity contribution is 5.80. The van der Waals surface area contributed by atoms with Gasteiger partial charge in [0.2, 0.25) is 5.95 Å². The minimum absolute atomic E-state index is 0.363. The van der Waals surface area contributed by atoms with Crippen LogP contribution < -0.4 is 9.80 Å². The topological polar surface area (TPSA) is 49.3 Å². The molecule has 1 aromatic rings. The first-order chi connectivity index (χ1) is 9.22. The number of Topliss-reactive ketones (excluding diaryl/α,β-unsaturated/α-hetero) is 1. The van der Waals surface area contributed by atoms with Crippen molar-refractivity contribution in [1.82, 2.24) is 9.97 Å². The third-order valence-electron chi connectivity index (χ3n) is 3.86. The lowest BCUT2D eigenvalue weighted by atomic mass is 10.1. The monoisotopic (exact) mass is 260 g/mol. The van der Waals surface area contributed by atoms with E-state index in [2.05, 4.69) is 14.8 Å². The van der Waals surface area contributed by atoms with Gasteiger partial charge in [0.05, 0.1) is 0 Å². The summed E-state index contributed by atoms with van der Waals surface area (Å²) in [7, 11) is 0. The van der Waals surface area contributed by atoms with Crippen LogP contribution in [0.4, 0.5) is 11.8 Å². The molecule has 0 N–H and O–H groups in total. The molecule has 0 radical (unpaired) electrons. The van der Waals surface area contributed by atoms with Gasteiger partial charge in [-0.05, 0) is 19.8 Å². The lowest BCUT2D eigenvalue weighted by Gasteiger charge is -2.28. The zero-order chi connectivity index (χ0) is 13.2. The number of aryl methyl sites for hydroxylation is 1. The van der Waals surface area contributed by atoms with Gasteiger partial charge < -0.3 is 9.80 Å². The van der Waals surface area contributed by atoms with Crippen LogP contribution in [0.15, 0.2) is 6.07 Å². The van der Waals surface area contributed by atoms with Crippen LogP contribution in [-0.2, 0) is 4.79 Å². The van der Waals surface area contributed by atoms with E-state index in [0.717, 1.165) is 43.6 Å². The molecule has 0 bridgehead atoms.